The summed E-state index contributed by atoms with van der Waals surface area (Å²) in [5, 5.41) is 15.9. The van der Waals surface area contributed by atoms with Gasteiger partial charge in [0.25, 0.3) is 6.09 Å². The predicted molar refractivity (Wildman–Crippen MR) is 180 cm³/mol. The monoisotopic (exact) mass is 713 g/mol. The van der Waals surface area contributed by atoms with E-state index in [0.29, 0.717) is 48.7 Å². The molecule has 0 saturated carbocycles. The van der Waals surface area contributed by atoms with Gasteiger partial charge >= 0.3 is 10.0 Å². The summed E-state index contributed by atoms with van der Waals surface area (Å²) in [7, 11) is -0.311. The Morgan fingerprint density at radius 2 is 1.78 bits per heavy atom. The summed E-state index contributed by atoms with van der Waals surface area (Å²) in [5.41, 5.74) is 1.38. The normalized spacial score (nSPS) is 27.6. The molecule has 2 saturated heterocycles. The third kappa shape index (κ3) is 5.78. The van der Waals surface area contributed by atoms with E-state index in [1.807, 2.05) is 7.05 Å². The molecule has 0 spiro atoms. The Balaban J connectivity index is 1.70. The lowest BCUT2D eigenvalue weighted by molar-refractivity contribution is -0.794. The molecule has 262 valence electrons. The number of likely N-dealkylation sites (tertiary alicyclic amines) is 1. The van der Waals surface area contributed by atoms with Crippen LogP contribution in [-0.4, -0.2) is 117 Å². The van der Waals surface area contributed by atoms with E-state index in [4.69, 9.17) is 25.8 Å². The molecule has 1 N–H and O–H groups in total. The fourth-order valence-electron chi connectivity index (χ4n) is 7.77. The van der Waals surface area contributed by atoms with E-state index in [2.05, 4.69) is 20.1 Å². The van der Waals surface area contributed by atoms with E-state index in [1.54, 1.807) is 49.5 Å². The number of nitrogens with one attached hydrogen (secondary N) is 1. The summed E-state index contributed by atoms with van der Waals surface area (Å²) in [6.45, 7) is 4.00. The van der Waals surface area contributed by atoms with Crippen molar-refractivity contribution in [3.05, 3.63) is 71.9 Å². The highest BCUT2D eigenvalue weighted by atomic mass is 35.5. The number of likely N-dealkylation sites (N-methyl/N-ethyl adjacent to an activating group) is 1. The number of benzene rings is 2. The first kappa shape index (κ1) is 34.9. The Morgan fingerprint density at radius 1 is 1.06 bits per heavy atom. The lowest BCUT2D eigenvalue weighted by Crippen LogP contribution is -2.77. The van der Waals surface area contributed by atoms with Crippen molar-refractivity contribution in [3.8, 4) is 17.4 Å². The zero-order valence-electron chi connectivity index (χ0n) is 27.7. The second kappa shape index (κ2) is 13.8. The number of piperazine rings is 1. The number of alkyl halides is 1. The fourth-order valence-corrected chi connectivity index (χ4v) is 10.5. The number of aromatic nitrogens is 1. The van der Waals surface area contributed by atoms with Crippen molar-refractivity contribution in [2.24, 2.45) is 0 Å². The Bertz CT molecular complexity index is 1840. The minimum atomic E-state index is -5.02. The highest BCUT2D eigenvalue weighted by molar-refractivity contribution is 7.86. The third-order valence-electron chi connectivity index (χ3n) is 10.00. The number of pyridine rings is 1. The summed E-state index contributed by atoms with van der Waals surface area (Å²) >= 11 is 7.34. The predicted octanol–water partition coefficient (Wildman–Crippen LogP) is 2.47. The van der Waals surface area contributed by atoms with E-state index in [9.17, 15) is 14.7 Å². The molecular formula is C34H40ClN5O8S. The summed E-state index contributed by atoms with van der Waals surface area (Å²) in [5.74, 6) is -2.43. The molecule has 3 aliphatic rings. The number of para-hydroxylation sites is 1. The van der Waals surface area contributed by atoms with E-state index >= 15 is 8.42 Å². The molecule has 0 aliphatic carbocycles. The highest BCUT2D eigenvalue weighted by Gasteiger charge is 2.68. The molecule has 2 aromatic carbocycles. The van der Waals surface area contributed by atoms with Crippen LogP contribution in [0, 0.1) is 0 Å². The van der Waals surface area contributed by atoms with Crippen molar-refractivity contribution >= 4 is 39.3 Å². The Kier molecular flexibility index (Phi) is 9.79. The molecular weight excluding hydrogens is 674 g/mol. The molecule has 6 rings (SSSR count). The first-order valence-corrected chi connectivity index (χ1v) is 18.0. The largest absolute Gasteiger partial charge is 0.497 e. The van der Waals surface area contributed by atoms with Crippen molar-refractivity contribution in [3.63, 3.8) is 0 Å². The second-order valence-electron chi connectivity index (χ2n) is 12.5. The lowest BCUT2D eigenvalue weighted by Gasteiger charge is -2.56. The molecule has 3 aromatic rings. The zero-order valence-corrected chi connectivity index (χ0v) is 29.3. The van der Waals surface area contributed by atoms with Crippen LogP contribution in [-0.2, 0) is 14.8 Å². The van der Waals surface area contributed by atoms with Gasteiger partial charge < -0.3 is 34.3 Å². The van der Waals surface area contributed by atoms with E-state index < -0.39 is 66.6 Å². The van der Waals surface area contributed by atoms with Gasteiger partial charge in [-0.25, -0.2) is 4.98 Å². The van der Waals surface area contributed by atoms with E-state index in [0.717, 1.165) is 0 Å². The molecule has 6 unspecified atom stereocenters. The number of methoxy groups -OCH3 is 2. The van der Waals surface area contributed by atoms with Crippen LogP contribution in [0.5, 0.6) is 17.4 Å². The number of ether oxygens (including phenoxy) is 3. The number of sulfonamides is 1. The van der Waals surface area contributed by atoms with Gasteiger partial charge in [0.15, 0.2) is 4.90 Å². The van der Waals surface area contributed by atoms with Crippen molar-refractivity contribution in [1.82, 2.24) is 14.8 Å². The van der Waals surface area contributed by atoms with Crippen LogP contribution in [0.3, 0.4) is 0 Å². The SMILES string of the molecule is CCOc1ncccc1C1C(N2CCN(C)CC2)C(Cl)C[N+](C(=O)[O-])(S(=O)(=O)c2ccc(OC)cc2OC)C1C1C(=O)Nc2ccccc21. The minimum absolute atomic E-state index is 0.131. The topological polar surface area (TPSA) is 150 Å². The molecule has 0 bridgehead atoms. The number of carbonyl (C=O) groups is 2. The van der Waals surface area contributed by atoms with Gasteiger partial charge in [-0.05, 0) is 43.8 Å². The first-order chi connectivity index (χ1) is 23.5. The Morgan fingerprint density at radius 3 is 2.45 bits per heavy atom. The lowest BCUT2D eigenvalue weighted by atomic mass is 9.72. The number of carbonyl (C=O) groups excluding carboxylic acids is 2. The Labute approximate surface area is 291 Å². The van der Waals surface area contributed by atoms with Crippen LogP contribution in [0.2, 0.25) is 0 Å². The van der Waals surface area contributed by atoms with Crippen molar-refractivity contribution in [2.45, 2.75) is 41.1 Å². The van der Waals surface area contributed by atoms with Crippen LogP contribution in [0.1, 0.15) is 29.9 Å². The summed E-state index contributed by atoms with van der Waals surface area (Å²) in [4.78, 5) is 36.7. The number of piperidine rings is 1. The van der Waals surface area contributed by atoms with Gasteiger partial charge in [0.2, 0.25) is 11.8 Å². The standard InChI is InChI=1S/C34H40ClN5O8S/c1-5-48-33-23(10-8-14-36-33)28-30(39-17-15-38(2)16-18-39)24(35)20-40(34(42)43,31(28)29-22-9-6-7-11-25(22)37-32(29)41)49(44,45)27-13-12-21(46-3)19-26(27)47-4/h6-14,19,24,28-31H,5,15-18,20H2,1-4H3,(H-,37,41,42,43). The molecule has 49 heavy (non-hydrogen) atoms. The zero-order chi connectivity index (χ0) is 35.1. The Hall–Kier alpha value is -3.95. The number of carboxylic acid groups (broad SMARTS) is 1. The molecule has 4 heterocycles. The number of quaternary nitrogens is 1. The number of rotatable bonds is 9. The summed E-state index contributed by atoms with van der Waals surface area (Å²) in [6.07, 6.45) is -0.373. The molecule has 0 radical (unpaired) electrons. The maximum Gasteiger partial charge on any atom is 0.337 e. The van der Waals surface area contributed by atoms with E-state index in [-0.39, 0.29) is 18.2 Å². The molecule has 3 aliphatic heterocycles. The molecule has 2 amide bonds. The number of amides is 2. The van der Waals surface area contributed by atoms with Gasteiger partial charge in [-0.3, -0.25) is 9.69 Å². The quantitative estimate of drug-likeness (QED) is 0.257. The maximum absolute atomic E-state index is 15.3. The third-order valence-corrected chi connectivity index (χ3v) is 12.7. The maximum atomic E-state index is 15.3. The molecule has 1 aromatic heterocycles. The average molecular weight is 714 g/mol. The summed E-state index contributed by atoms with van der Waals surface area (Å²) in [6, 6.07) is 12.2. The van der Waals surface area contributed by atoms with Gasteiger partial charge in [0.1, 0.15) is 35.4 Å². The van der Waals surface area contributed by atoms with Crippen molar-refractivity contribution in [1.29, 1.82) is 0 Å². The van der Waals surface area contributed by atoms with E-state index in [1.165, 1.54) is 32.4 Å². The number of nitrogens with zero attached hydrogens (tertiary/aromatic N) is 4. The summed E-state index contributed by atoms with van der Waals surface area (Å²) < 4.78 is 45.8. The molecule has 15 heteroatoms. The van der Waals surface area contributed by atoms with Gasteiger partial charge in [-0.2, -0.15) is 12.3 Å². The highest BCUT2D eigenvalue weighted by Crippen LogP contribution is 2.54. The number of halogens is 1. The van der Waals surface area contributed by atoms with Crippen LogP contribution < -0.4 is 24.6 Å². The van der Waals surface area contributed by atoms with Crippen LogP contribution in [0.15, 0.2) is 65.7 Å². The average Bonchev–Trinajstić information content (AvgIpc) is 3.43. The second-order valence-corrected chi connectivity index (χ2v) is 15.1. The number of hydrogen-bond donors (Lipinski definition) is 1. The fraction of sp³-hybridized carbons (Fsp3) is 0.441. The number of anilines is 1. The first-order valence-electron chi connectivity index (χ1n) is 16.1. The molecule has 13 nitrogen and oxygen atoms in total. The van der Waals surface area contributed by atoms with Gasteiger partial charge in [0, 0.05) is 55.7 Å². The van der Waals surface area contributed by atoms with Crippen LogP contribution in [0.25, 0.3) is 0 Å². The minimum Gasteiger partial charge on any atom is -0.497 e. The molecule has 2 fully saturated rings. The van der Waals surface area contributed by atoms with Gasteiger partial charge in [-0.1, -0.05) is 24.3 Å². The van der Waals surface area contributed by atoms with Crippen molar-refractivity contribution in [2.75, 3.05) is 65.9 Å². The molecule has 6 atom stereocenters. The van der Waals surface area contributed by atoms with Crippen LogP contribution >= 0.6 is 11.6 Å². The van der Waals surface area contributed by atoms with Crippen molar-refractivity contribution < 1.29 is 41.2 Å². The van der Waals surface area contributed by atoms with Gasteiger partial charge in [0.05, 0.1) is 26.7 Å². The van der Waals surface area contributed by atoms with Crippen LogP contribution in [0.4, 0.5) is 10.5 Å². The number of hydrogen-bond acceptors (Lipinski definition) is 11. The van der Waals surface area contributed by atoms with Gasteiger partial charge in [-0.15, -0.1) is 11.6 Å². The number of fused-ring (bicyclic) bond motifs is 1. The smallest absolute Gasteiger partial charge is 0.337 e.